The minimum atomic E-state index is -0.261. The summed E-state index contributed by atoms with van der Waals surface area (Å²) in [6.07, 6.45) is 0.638. The second-order valence-electron chi connectivity index (χ2n) is 5.89. The van der Waals surface area contributed by atoms with Gasteiger partial charge < -0.3 is 10.6 Å². The zero-order valence-corrected chi connectivity index (χ0v) is 12.7. The molecule has 1 saturated heterocycles. The monoisotopic (exact) mass is 271 g/mol. The average molecular weight is 271 g/mol. The van der Waals surface area contributed by atoms with Gasteiger partial charge in [0.05, 0.1) is 10.5 Å². The third kappa shape index (κ3) is 3.65. The molecule has 0 atom stereocenters. The van der Waals surface area contributed by atoms with Gasteiger partial charge in [0.1, 0.15) is 0 Å². The number of thiocarbonyl (C=S) groups is 1. The molecule has 0 unspecified atom stereocenters. The summed E-state index contributed by atoms with van der Waals surface area (Å²) >= 11 is 5.11. The van der Waals surface area contributed by atoms with Crippen LogP contribution in [0.1, 0.15) is 34.1 Å². The fraction of sp³-hybridized carbons (Fsp3) is 0.846. The summed E-state index contributed by atoms with van der Waals surface area (Å²) in [7, 11) is 0. The normalized spacial score (nSPS) is 18.2. The molecule has 0 bridgehead atoms. The van der Waals surface area contributed by atoms with Crippen molar-refractivity contribution in [3.63, 3.8) is 0 Å². The predicted octanol–water partition coefficient (Wildman–Crippen LogP) is 1.24. The molecule has 1 fully saturated rings. The molecule has 1 heterocycles. The van der Waals surface area contributed by atoms with Gasteiger partial charge in [0.2, 0.25) is 5.91 Å². The maximum absolute atomic E-state index is 12.0. The van der Waals surface area contributed by atoms with E-state index in [1.165, 1.54) is 0 Å². The number of nitrogens with two attached hydrogens (primary N) is 1. The second-order valence-corrected chi connectivity index (χ2v) is 6.33. The molecule has 0 radical (unpaired) electrons. The topological polar surface area (TPSA) is 49.6 Å². The lowest BCUT2D eigenvalue weighted by atomic mass is 10.0. The van der Waals surface area contributed by atoms with Crippen LogP contribution in [0.3, 0.4) is 0 Å². The standard InChI is InChI=1S/C13H25N3OS/c1-10(2)9-11(17)15-5-7-16(8-6-15)13(3,4)12(14)18/h10H,5-9H2,1-4H3,(H2,14,18). The molecule has 0 aromatic heterocycles. The van der Waals surface area contributed by atoms with Crippen molar-refractivity contribution in [2.75, 3.05) is 26.2 Å². The molecule has 0 spiro atoms. The minimum Gasteiger partial charge on any atom is -0.392 e. The van der Waals surface area contributed by atoms with Gasteiger partial charge in [-0.25, -0.2) is 0 Å². The molecule has 1 amide bonds. The molecule has 1 aliphatic rings. The lowest BCUT2D eigenvalue weighted by molar-refractivity contribution is -0.134. The van der Waals surface area contributed by atoms with E-state index in [-0.39, 0.29) is 11.4 Å². The van der Waals surface area contributed by atoms with Gasteiger partial charge >= 0.3 is 0 Å². The van der Waals surface area contributed by atoms with Gasteiger partial charge in [0, 0.05) is 32.6 Å². The van der Waals surface area contributed by atoms with Gasteiger partial charge in [-0.1, -0.05) is 26.1 Å². The summed E-state index contributed by atoms with van der Waals surface area (Å²) in [6, 6.07) is 0. The van der Waals surface area contributed by atoms with Crippen molar-refractivity contribution in [1.29, 1.82) is 0 Å². The quantitative estimate of drug-likeness (QED) is 0.782. The zero-order valence-electron chi connectivity index (χ0n) is 11.9. The molecule has 0 aliphatic carbocycles. The lowest BCUT2D eigenvalue weighted by Gasteiger charge is -2.43. The van der Waals surface area contributed by atoms with Crippen molar-refractivity contribution in [2.24, 2.45) is 11.7 Å². The van der Waals surface area contributed by atoms with Crippen molar-refractivity contribution in [1.82, 2.24) is 9.80 Å². The molecular weight excluding hydrogens is 246 g/mol. The first-order valence-electron chi connectivity index (χ1n) is 6.58. The van der Waals surface area contributed by atoms with Crippen LogP contribution in [0, 0.1) is 5.92 Å². The lowest BCUT2D eigenvalue weighted by Crippen LogP contribution is -2.59. The number of amides is 1. The highest BCUT2D eigenvalue weighted by atomic mass is 32.1. The molecule has 4 nitrogen and oxygen atoms in total. The highest BCUT2D eigenvalue weighted by molar-refractivity contribution is 7.80. The fourth-order valence-corrected chi connectivity index (χ4v) is 2.28. The molecule has 0 aromatic rings. The minimum absolute atomic E-state index is 0.261. The number of carbonyl (C=O) groups excluding carboxylic acids is 1. The molecule has 1 aliphatic heterocycles. The first kappa shape index (κ1) is 15.4. The number of rotatable bonds is 4. The summed E-state index contributed by atoms with van der Waals surface area (Å²) < 4.78 is 0. The Morgan fingerprint density at radius 2 is 1.78 bits per heavy atom. The smallest absolute Gasteiger partial charge is 0.222 e. The SMILES string of the molecule is CC(C)CC(=O)N1CCN(C(C)(C)C(N)=S)CC1. The molecular formula is C13H25N3OS. The largest absolute Gasteiger partial charge is 0.392 e. The van der Waals surface area contributed by atoms with Crippen molar-refractivity contribution in [3.8, 4) is 0 Å². The molecule has 104 valence electrons. The van der Waals surface area contributed by atoms with Crippen molar-refractivity contribution in [3.05, 3.63) is 0 Å². The first-order chi connectivity index (χ1) is 8.25. The van der Waals surface area contributed by atoms with Gasteiger partial charge in [0.25, 0.3) is 0 Å². The molecule has 0 saturated carbocycles. The van der Waals surface area contributed by atoms with Crippen molar-refractivity contribution < 1.29 is 4.79 Å². The Hall–Kier alpha value is -0.680. The Bertz CT molecular complexity index is 320. The summed E-state index contributed by atoms with van der Waals surface area (Å²) in [4.78, 5) is 16.7. The Morgan fingerprint density at radius 1 is 1.28 bits per heavy atom. The van der Waals surface area contributed by atoms with E-state index >= 15 is 0 Å². The Balaban J connectivity index is 2.51. The van der Waals surface area contributed by atoms with Crippen LogP contribution >= 0.6 is 12.2 Å². The van der Waals surface area contributed by atoms with E-state index < -0.39 is 0 Å². The van der Waals surface area contributed by atoms with E-state index in [9.17, 15) is 4.79 Å². The van der Waals surface area contributed by atoms with Crippen molar-refractivity contribution >= 4 is 23.1 Å². The zero-order chi connectivity index (χ0) is 13.9. The highest BCUT2D eigenvalue weighted by Crippen LogP contribution is 2.18. The van der Waals surface area contributed by atoms with Gasteiger partial charge in [-0.2, -0.15) is 0 Å². The van der Waals surface area contributed by atoms with Gasteiger partial charge in [-0.3, -0.25) is 9.69 Å². The van der Waals surface area contributed by atoms with Crippen LogP contribution in [0.25, 0.3) is 0 Å². The summed E-state index contributed by atoms with van der Waals surface area (Å²) in [5.74, 6) is 0.682. The summed E-state index contributed by atoms with van der Waals surface area (Å²) in [6.45, 7) is 11.5. The van der Waals surface area contributed by atoms with E-state index in [0.717, 1.165) is 26.2 Å². The van der Waals surface area contributed by atoms with E-state index in [1.807, 2.05) is 18.7 Å². The van der Waals surface area contributed by atoms with Crippen LogP contribution < -0.4 is 5.73 Å². The molecule has 0 aromatic carbocycles. The van der Waals surface area contributed by atoms with Crippen LogP contribution in [-0.2, 0) is 4.79 Å². The van der Waals surface area contributed by atoms with Crippen LogP contribution in [0.2, 0.25) is 0 Å². The predicted molar refractivity (Wildman–Crippen MR) is 78.5 cm³/mol. The van der Waals surface area contributed by atoms with Crippen molar-refractivity contribution in [2.45, 2.75) is 39.7 Å². The van der Waals surface area contributed by atoms with Crippen LogP contribution in [-0.4, -0.2) is 52.4 Å². The van der Waals surface area contributed by atoms with Gasteiger partial charge in [0.15, 0.2) is 0 Å². The Morgan fingerprint density at radius 3 is 2.17 bits per heavy atom. The Labute approximate surface area is 115 Å². The van der Waals surface area contributed by atoms with Crippen LogP contribution in [0.15, 0.2) is 0 Å². The average Bonchev–Trinajstić information content (AvgIpc) is 2.28. The number of nitrogens with zero attached hydrogens (tertiary/aromatic N) is 2. The van der Waals surface area contributed by atoms with E-state index in [2.05, 4.69) is 18.7 Å². The number of piperazine rings is 1. The number of hydrogen-bond donors (Lipinski definition) is 1. The molecule has 1 rings (SSSR count). The Kier molecular flexibility index (Phi) is 5.10. The van der Waals surface area contributed by atoms with Gasteiger partial charge in [-0.15, -0.1) is 0 Å². The van der Waals surface area contributed by atoms with Gasteiger partial charge in [-0.05, 0) is 19.8 Å². The first-order valence-corrected chi connectivity index (χ1v) is 6.98. The molecule has 5 heteroatoms. The summed E-state index contributed by atoms with van der Waals surface area (Å²) in [5.41, 5.74) is 5.51. The fourth-order valence-electron chi connectivity index (χ4n) is 2.15. The third-order valence-electron chi connectivity index (χ3n) is 3.61. The maximum Gasteiger partial charge on any atom is 0.222 e. The molecule has 2 N–H and O–H groups in total. The second kappa shape index (κ2) is 5.97. The summed E-state index contributed by atoms with van der Waals surface area (Å²) in [5, 5.41) is 0. The number of hydrogen-bond acceptors (Lipinski definition) is 3. The molecule has 18 heavy (non-hydrogen) atoms. The van der Waals surface area contributed by atoms with Crippen LogP contribution in [0.4, 0.5) is 0 Å². The maximum atomic E-state index is 12.0. The number of carbonyl (C=O) groups is 1. The highest BCUT2D eigenvalue weighted by Gasteiger charge is 2.33. The van der Waals surface area contributed by atoms with E-state index in [4.69, 9.17) is 18.0 Å². The third-order valence-corrected chi connectivity index (χ3v) is 4.11. The van der Waals surface area contributed by atoms with E-state index in [1.54, 1.807) is 0 Å². The van der Waals surface area contributed by atoms with Crippen LogP contribution in [0.5, 0.6) is 0 Å². The van der Waals surface area contributed by atoms with E-state index in [0.29, 0.717) is 17.3 Å².